The van der Waals surface area contributed by atoms with Crippen LogP contribution >= 0.6 is 11.3 Å². The summed E-state index contributed by atoms with van der Waals surface area (Å²) in [7, 11) is 0. The third kappa shape index (κ3) is 4.80. The van der Waals surface area contributed by atoms with Gasteiger partial charge in [-0.05, 0) is 42.4 Å². The van der Waals surface area contributed by atoms with Crippen molar-refractivity contribution in [3.8, 4) is 5.19 Å². The minimum Gasteiger partial charge on any atom is -0.470 e. The highest BCUT2D eigenvalue weighted by Crippen LogP contribution is 2.36. The topological polar surface area (TPSA) is 52.8 Å². The van der Waals surface area contributed by atoms with E-state index in [1.54, 1.807) is 11.3 Å². The maximum absolute atomic E-state index is 6.13. The molecule has 0 N–H and O–H groups in total. The van der Waals surface area contributed by atoms with Gasteiger partial charge in [-0.1, -0.05) is 69.8 Å². The Kier molecular flexibility index (Phi) is 6.80. The Labute approximate surface area is 177 Å². The number of benzene rings is 1. The van der Waals surface area contributed by atoms with E-state index in [4.69, 9.17) is 9.72 Å². The zero-order valence-electron chi connectivity index (χ0n) is 17.6. The van der Waals surface area contributed by atoms with E-state index >= 15 is 0 Å². The second-order valence-corrected chi connectivity index (χ2v) is 9.30. The minimum absolute atomic E-state index is 0.252. The predicted octanol–water partition coefficient (Wildman–Crippen LogP) is 6.26. The van der Waals surface area contributed by atoms with Crippen molar-refractivity contribution < 1.29 is 4.74 Å². The lowest BCUT2D eigenvalue weighted by Gasteiger charge is -2.26. The summed E-state index contributed by atoms with van der Waals surface area (Å²) in [5.41, 5.74) is 2.33. The molecule has 6 heteroatoms. The van der Waals surface area contributed by atoms with Crippen molar-refractivity contribution in [3.63, 3.8) is 0 Å². The molecule has 2 heterocycles. The van der Waals surface area contributed by atoms with Crippen molar-refractivity contribution in [2.75, 3.05) is 6.61 Å². The van der Waals surface area contributed by atoms with Gasteiger partial charge in [0.15, 0.2) is 0 Å². The molecule has 0 spiro atoms. The lowest BCUT2D eigenvalue weighted by Crippen LogP contribution is -2.19. The molecule has 3 aromatic rings. The molecule has 1 aliphatic carbocycles. The third-order valence-electron chi connectivity index (χ3n) is 6.40. The lowest BCUT2D eigenvalue weighted by molar-refractivity contribution is 0.233. The first kappa shape index (κ1) is 20.3. The molecule has 156 valence electrons. The molecule has 29 heavy (non-hydrogen) atoms. The third-order valence-corrected chi connectivity index (χ3v) is 7.34. The van der Waals surface area contributed by atoms with E-state index in [0.29, 0.717) is 11.8 Å². The number of nitrogens with zero attached hydrogens (tertiary/aromatic N) is 4. The maximum Gasteiger partial charge on any atom is 0.274 e. The fourth-order valence-corrected chi connectivity index (χ4v) is 5.53. The SMILES string of the molecule is CCC(CC)C(c1ccc2nc(OCC3CCCCCC3)sc2c1)n1cnnc1. The Morgan fingerprint density at radius 2 is 1.79 bits per heavy atom. The summed E-state index contributed by atoms with van der Waals surface area (Å²) >= 11 is 1.67. The number of fused-ring (bicyclic) bond motifs is 1. The van der Waals surface area contributed by atoms with Gasteiger partial charge in [-0.2, -0.15) is 0 Å². The van der Waals surface area contributed by atoms with Crippen LogP contribution < -0.4 is 4.74 Å². The molecule has 0 bridgehead atoms. The van der Waals surface area contributed by atoms with Crippen LogP contribution in [0.25, 0.3) is 10.2 Å². The highest BCUT2D eigenvalue weighted by Gasteiger charge is 2.23. The maximum atomic E-state index is 6.13. The van der Waals surface area contributed by atoms with Crippen LogP contribution in [0.5, 0.6) is 5.19 Å². The number of ether oxygens (including phenoxy) is 1. The molecule has 0 saturated heterocycles. The normalized spacial score (nSPS) is 16.9. The van der Waals surface area contributed by atoms with E-state index in [1.165, 1.54) is 48.8 Å². The molecule has 1 atom stereocenters. The van der Waals surface area contributed by atoms with Crippen molar-refractivity contribution in [2.24, 2.45) is 11.8 Å². The monoisotopic (exact) mass is 412 g/mol. The van der Waals surface area contributed by atoms with E-state index < -0.39 is 0 Å². The van der Waals surface area contributed by atoms with Crippen molar-refractivity contribution in [1.82, 2.24) is 19.7 Å². The number of aromatic nitrogens is 4. The second-order valence-electron chi connectivity index (χ2n) is 8.31. The van der Waals surface area contributed by atoms with Crippen molar-refractivity contribution in [2.45, 2.75) is 71.3 Å². The molecule has 1 saturated carbocycles. The van der Waals surface area contributed by atoms with E-state index in [1.807, 2.05) is 12.7 Å². The average molecular weight is 413 g/mol. The molecule has 1 aromatic carbocycles. The molecule has 5 nitrogen and oxygen atoms in total. The van der Waals surface area contributed by atoms with Gasteiger partial charge < -0.3 is 9.30 Å². The van der Waals surface area contributed by atoms with Crippen LogP contribution in [0.15, 0.2) is 30.9 Å². The van der Waals surface area contributed by atoms with Crippen LogP contribution in [0.3, 0.4) is 0 Å². The predicted molar refractivity (Wildman–Crippen MR) is 119 cm³/mol. The van der Waals surface area contributed by atoms with Gasteiger partial charge in [0, 0.05) is 0 Å². The fourth-order valence-electron chi connectivity index (χ4n) is 4.66. The smallest absolute Gasteiger partial charge is 0.274 e. The van der Waals surface area contributed by atoms with E-state index in [0.717, 1.165) is 30.2 Å². The number of thiazole rings is 1. The van der Waals surface area contributed by atoms with Crippen molar-refractivity contribution in [1.29, 1.82) is 0 Å². The highest BCUT2D eigenvalue weighted by atomic mass is 32.1. The zero-order chi connectivity index (χ0) is 20.1. The fraction of sp³-hybridized carbons (Fsp3) is 0.609. The Balaban J connectivity index is 1.53. The average Bonchev–Trinajstić information content (AvgIpc) is 3.34. The molecule has 1 fully saturated rings. The van der Waals surface area contributed by atoms with Crippen LogP contribution in [0, 0.1) is 11.8 Å². The largest absolute Gasteiger partial charge is 0.470 e. The first-order valence-electron chi connectivity index (χ1n) is 11.2. The van der Waals surface area contributed by atoms with Crippen molar-refractivity contribution in [3.05, 3.63) is 36.4 Å². The molecule has 1 aliphatic rings. The zero-order valence-corrected chi connectivity index (χ0v) is 18.4. The summed E-state index contributed by atoms with van der Waals surface area (Å²) in [4.78, 5) is 4.73. The first-order chi connectivity index (χ1) is 14.3. The van der Waals surface area contributed by atoms with Gasteiger partial charge in [-0.25, -0.2) is 4.98 Å². The molecule has 0 amide bonds. The Morgan fingerprint density at radius 1 is 1.07 bits per heavy atom. The van der Waals surface area contributed by atoms with Gasteiger partial charge in [-0.3, -0.25) is 0 Å². The quantitative estimate of drug-likeness (QED) is 0.410. The first-order valence-corrected chi connectivity index (χ1v) is 12.0. The van der Waals surface area contributed by atoms with Gasteiger partial charge in [0.2, 0.25) is 0 Å². The van der Waals surface area contributed by atoms with Crippen LogP contribution in [-0.4, -0.2) is 26.4 Å². The molecular weight excluding hydrogens is 380 g/mol. The summed E-state index contributed by atoms with van der Waals surface area (Å²) in [5.74, 6) is 1.23. The van der Waals surface area contributed by atoms with Crippen LogP contribution in [-0.2, 0) is 0 Å². The van der Waals surface area contributed by atoms with Crippen LogP contribution in [0.1, 0.15) is 76.8 Å². The second kappa shape index (κ2) is 9.70. The highest BCUT2D eigenvalue weighted by molar-refractivity contribution is 7.20. The molecule has 4 rings (SSSR count). The number of rotatable bonds is 8. The summed E-state index contributed by atoms with van der Waals surface area (Å²) in [6, 6.07) is 6.88. The van der Waals surface area contributed by atoms with Crippen LogP contribution in [0.4, 0.5) is 0 Å². The number of hydrogen-bond acceptors (Lipinski definition) is 5. The van der Waals surface area contributed by atoms with Gasteiger partial charge in [0.25, 0.3) is 5.19 Å². The summed E-state index contributed by atoms with van der Waals surface area (Å²) < 4.78 is 9.47. The van der Waals surface area contributed by atoms with E-state index in [2.05, 4.69) is 46.8 Å². The Morgan fingerprint density at radius 3 is 2.48 bits per heavy atom. The van der Waals surface area contributed by atoms with Gasteiger partial charge in [0.05, 0.1) is 22.9 Å². The van der Waals surface area contributed by atoms with Crippen LogP contribution in [0.2, 0.25) is 0 Å². The molecule has 2 aromatic heterocycles. The Hall–Kier alpha value is -1.95. The summed E-state index contributed by atoms with van der Waals surface area (Å²) in [6.07, 6.45) is 14.0. The molecule has 1 unspecified atom stereocenters. The van der Waals surface area contributed by atoms with Crippen molar-refractivity contribution >= 4 is 21.6 Å². The number of hydrogen-bond donors (Lipinski definition) is 0. The Bertz CT molecular complexity index is 880. The van der Waals surface area contributed by atoms with Gasteiger partial charge >= 0.3 is 0 Å². The molecule has 0 aliphatic heterocycles. The van der Waals surface area contributed by atoms with Gasteiger partial charge in [0.1, 0.15) is 12.7 Å². The summed E-state index contributed by atoms with van der Waals surface area (Å²) in [6.45, 7) is 5.33. The standard InChI is InChI=1S/C23H32N4OS/c1-3-18(4-2)22(27-15-24-25-16-27)19-11-12-20-21(13-19)29-23(26-20)28-14-17-9-7-5-6-8-10-17/h11-13,15-18,22H,3-10,14H2,1-2H3. The molecular formula is C23H32N4OS. The van der Waals surface area contributed by atoms with E-state index in [-0.39, 0.29) is 6.04 Å². The lowest BCUT2D eigenvalue weighted by atomic mass is 9.88. The minimum atomic E-state index is 0.252. The molecule has 0 radical (unpaired) electrons. The van der Waals surface area contributed by atoms with Gasteiger partial charge in [-0.15, -0.1) is 10.2 Å². The van der Waals surface area contributed by atoms with E-state index in [9.17, 15) is 0 Å². The summed E-state index contributed by atoms with van der Waals surface area (Å²) in [5, 5.41) is 8.90.